The molecule has 0 aromatic heterocycles. The van der Waals surface area contributed by atoms with Crippen molar-refractivity contribution in [1.82, 2.24) is 5.32 Å². The first-order chi connectivity index (χ1) is 12.6. The van der Waals surface area contributed by atoms with Gasteiger partial charge >= 0.3 is 0 Å². The topological polar surface area (TPSA) is 46.1 Å². The molecule has 0 saturated carbocycles. The van der Waals surface area contributed by atoms with Crippen molar-refractivity contribution < 1.29 is 9.47 Å². The molecule has 0 bridgehead atoms. The molecule has 1 heterocycles. The smallest absolute Gasteiger partial charge is 0.161 e. The Kier molecular flexibility index (Phi) is 5.78. The predicted molar refractivity (Wildman–Crippen MR) is 107 cm³/mol. The van der Waals surface area contributed by atoms with Crippen LogP contribution in [0.25, 0.3) is 0 Å². The normalized spacial score (nSPS) is 16.4. The van der Waals surface area contributed by atoms with Gasteiger partial charge < -0.3 is 19.7 Å². The summed E-state index contributed by atoms with van der Waals surface area (Å²) in [4.78, 5) is 6.75. The van der Waals surface area contributed by atoms with Crippen molar-refractivity contribution in [3.8, 4) is 11.5 Å². The lowest BCUT2D eigenvalue weighted by molar-refractivity contribution is 0.352. The molecule has 1 N–H and O–H groups in total. The van der Waals surface area contributed by atoms with Crippen LogP contribution in [0.3, 0.4) is 0 Å². The molecule has 0 saturated heterocycles. The van der Waals surface area contributed by atoms with Crippen molar-refractivity contribution >= 4 is 11.9 Å². The number of nitrogens with zero attached hydrogens (tertiary/aromatic N) is 2. The third-order valence-corrected chi connectivity index (χ3v) is 4.74. The Morgan fingerprint density at radius 3 is 2.46 bits per heavy atom. The van der Waals surface area contributed by atoms with Crippen LogP contribution in [0.15, 0.2) is 41.4 Å². The van der Waals surface area contributed by atoms with Gasteiger partial charge in [-0.2, -0.15) is 0 Å². The Morgan fingerprint density at radius 2 is 1.81 bits per heavy atom. The summed E-state index contributed by atoms with van der Waals surface area (Å²) in [7, 11) is 7.43. The zero-order chi connectivity index (χ0) is 18.5. The average Bonchev–Trinajstić information content (AvgIpc) is 2.67. The number of hydrogen-bond acceptors (Lipinski definition) is 5. The maximum atomic E-state index is 5.46. The molecule has 2 aromatic rings. The van der Waals surface area contributed by atoms with Crippen LogP contribution in [0.1, 0.15) is 22.7 Å². The van der Waals surface area contributed by atoms with E-state index in [2.05, 4.69) is 51.6 Å². The van der Waals surface area contributed by atoms with E-state index in [-0.39, 0.29) is 6.04 Å². The fraction of sp³-hybridized carbons (Fsp3) is 0.381. The van der Waals surface area contributed by atoms with Crippen LogP contribution in [0.4, 0.5) is 5.69 Å². The summed E-state index contributed by atoms with van der Waals surface area (Å²) < 4.78 is 10.9. The molecule has 26 heavy (non-hydrogen) atoms. The van der Waals surface area contributed by atoms with Gasteiger partial charge in [-0.05, 0) is 53.9 Å². The van der Waals surface area contributed by atoms with Crippen molar-refractivity contribution in [2.75, 3.05) is 46.3 Å². The number of ether oxygens (including phenoxy) is 2. The molecule has 0 aliphatic carbocycles. The molecule has 1 aliphatic heterocycles. The Hall–Kier alpha value is -2.53. The SMILES string of the molecule is COc1cc2c(cc1OC)C(CN=Cc1ccc(N(C)C)cc1)NCC2. The van der Waals surface area contributed by atoms with E-state index in [1.165, 1.54) is 16.8 Å². The van der Waals surface area contributed by atoms with Crippen molar-refractivity contribution in [2.45, 2.75) is 12.5 Å². The zero-order valence-corrected chi connectivity index (χ0v) is 16.0. The quantitative estimate of drug-likeness (QED) is 0.811. The van der Waals surface area contributed by atoms with E-state index >= 15 is 0 Å². The van der Waals surface area contributed by atoms with Gasteiger partial charge in [0.15, 0.2) is 11.5 Å². The van der Waals surface area contributed by atoms with Gasteiger partial charge in [-0.3, -0.25) is 4.99 Å². The number of hydrogen-bond donors (Lipinski definition) is 1. The second kappa shape index (κ2) is 8.23. The first-order valence-corrected chi connectivity index (χ1v) is 8.87. The average molecular weight is 353 g/mol. The second-order valence-electron chi connectivity index (χ2n) is 6.64. The fourth-order valence-corrected chi connectivity index (χ4v) is 3.25. The van der Waals surface area contributed by atoms with E-state index in [9.17, 15) is 0 Å². The Labute approximate surface area is 155 Å². The highest BCUT2D eigenvalue weighted by molar-refractivity contribution is 5.80. The molecular weight excluding hydrogens is 326 g/mol. The predicted octanol–water partition coefficient (Wildman–Crippen LogP) is 3.08. The summed E-state index contributed by atoms with van der Waals surface area (Å²) in [6, 6.07) is 12.7. The minimum Gasteiger partial charge on any atom is -0.493 e. The number of anilines is 1. The van der Waals surface area contributed by atoms with Gasteiger partial charge in [-0.1, -0.05) is 12.1 Å². The number of fused-ring (bicyclic) bond motifs is 1. The summed E-state index contributed by atoms with van der Waals surface area (Å²) >= 11 is 0. The standard InChI is InChI=1S/C21H27N3O2/c1-24(2)17-7-5-15(6-8-17)13-22-14-19-18-12-21(26-4)20(25-3)11-16(18)9-10-23-19/h5-8,11-13,19,23H,9-10,14H2,1-4H3. The Balaban J connectivity index is 1.73. The van der Waals surface area contributed by atoms with Crippen molar-refractivity contribution in [1.29, 1.82) is 0 Å². The third-order valence-electron chi connectivity index (χ3n) is 4.74. The van der Waals surface area contributed by atoms with Crippen LogP contribution < -0.4 is 19.7 Å². The van der Waals surface area contributed by atoms with Gasteiger partial charge in [0.05, 0.1) is 26.8 Å². The van der Waals surface area contributed by atoms with Gasteiger partial charge in [0.2, 0.25) is 0 Å². The minimum atomic E-state index is 0.191. The lowest BCUT2D eigenvalue weighted by Gasteiger charge is -2.27. The highest BCUT2D eigenvalue weighted by Crippen LogP contribution is 2.35. The fourth-order valence-electron chi connectivity index (χ4n) is 3.25. The van der Waals surface area contributed by atoms with Gasteiger partial charge in [0, 0.05) is 26.0 Å². The Morgan fingerprint density at radius 1 is 1.12 bits per heavy atom. The molecule has 1 atom stereocenters. The summed E-state index contributed by atoms with van der Waals surface area (Å²) in [5.41, 5.74) is 4.84. The van der Waals surface area contributed by atoms with E-state index in [0.29, 0.717) is 6.54 Å². The molecule has 138 valence electrons. The number of rotatable bonds is 6. The third kappa shape index (κ3) is 3.99. The van der Waals surface area contributed by atoms with E-state index in [1.807, 2.05) is 20.3 Å². The lowest BCUT2D eigenvalue weighted by Crippen LogP contribution is -2.31. The van der Waals surface area contributed by atoms with E-state index in [0.717, 1.165) is 30.0 Å². The number of benzene rings is 2. The van der Waals surface area contributed by atoms with Gasteiger partial charge in [0.25, 0.3) is 0 Å². The van der Waals surface area contributed by atoms with Crippen LogP contribution >= 0.6 is 0 Å². The van der Waals surface area contributed by atoms with Crippen LogP contribution in [0.5, 0.6) is 11.5 Å². The van der Waals surface area contributed by atoms with Crippen LogP contribution in [0.2, 0.25) is 0 Å². The molecule has 0 fully saturated rings. The van der Waals surface area contributed by atoms with Crippen LogP contribution in [-0.2, 0) is 6.42 Å². The largest absolute Gasteiger partial charge is 0.493 e. The molecule has 0 radical (unpaired) electrons. The van der Waals surface area contributed by atoms with Crippen LogP contribution in [-0.4, -0.2) is 47.6 Å². The summed E-state index contributed by atoms with van der Waals surface area (Å²) in [5.74, 6) is 1.56. The van der Waals surface area contributed by atoms with E-state index in [4.69, 9.17) is 9.47 Å². The van der Waals surface area contributed by atoms with Gasteiger partial charge in [0.1, 0.15) is 0 Å². The molecule has 1 aliphatic rings. The Bertz CT molecular complexity index is 770. The molecule has 2 aromatic carbocycles. The zero-order valence-electron chi connectivity index (χ0n) is 16.0. The highest BCUT2D eigenvalue weighted by Gasteiger charge is 2.22. The number of aliphatic imine (C=N–C) groups is 1. The highest BCUT2D eigenvalue weighted by atomic mass is 16.5. The lowest BCUT2D eigenvalue weighted by atomic mass is 9.93. The summed E-state index contributed by atoms with van der Waals surface area (Å²) in [6.07, 6.45) is 2.93. The molecule has 0 spiro atoms. The van der Waals surface area contributed by atoms with Gasteiger partial charge in [-0.25, -0.2) is 0 Å². The monoisotopic (exact) mass is 353 g/mol. The molecular formula is C21H27N3O2. The maximum absolute atomic E-state index is 5.46. The summed E-state index contributed by atoms with van der Waals surface area (Å²) in [6.45, 7) is 1.64. The van der Waals surface area contributed by atoms with Crippen molar-refractivity contribution in [3.05, 3.63) is 53.1 Å². The van der Waals surface area contributed by atoms with E-state index in [1.54, 1.807) is 14.2 Å². The molecule has 5 heteroatoms. The van der Waals surface area contributed by atoms with Crippen molar-refractivity contribution in [3.63, 3.8) is 0 Å². The first kappa shape index (κ1) is 18.3. The van der Waals surface area contributed by atoms with Gasteiger partial charge in [-0.15, -0.1) is 0 Å². The van der Waals surface area contributed by atoms with Crippen molar-refractivity contribution in [2.24, 2.45) is 4.99 Å². The second-order valence-corrected chi connectivity index (χ2v) is 6.64. The van der Waals surface area contributed by atoms with Crippen LogP contribution in [0, 0.1) is 0 Å². The maximum Gasteiger partial charge on any atom is 0.161 e. The number of methoxy groups -OCH3 is 2. The van der Waals surface area contributed by atoms with E-state index < -0.39 is 0 Å². The molecule has 3 rings (SSSR count). The summed E-state index contributed by atoms with van der Waals surface area (Å²) in [5, 5.41) is 3.56. The first-order valence-electron chi connectivity index (χ1n) is 8.87. The molecule has 1 unspecified atom stereocenters. The molecule has 5 nitrogen and oxygen atoms in total. The molecule has 0 amide bonds. The minimum absolute atomic E-state index is 0.191. The number of nitrogens with one attached hydrogen (secondary N) is 1.